The largest absolute Gasteiger partial charge is 0.476 e. The van der Waals surface area contributed by atoms with Crippen LogP contribution in [-0.4, -0.2) is 65.6 Å². The van der Waals surface area contributed by atoms with Gasteiger partial charge in [0.2, 0.25) is 5.96 Å². The number of piperidine rings is 1. The quantitative estimate of drug-likeness (QED) is 0.341. The highest BCUT2D eigenvalue weighted by molar-refractivity contribution is 6.00. The van der Waals surface area contributed by atoms with Crippen molar-refractivity contribution in [3.63, 3.8) is 0 Å². The minimum Gasteiger partial charge on any atom is -0.476 e. The summed E-state index contributed by atoms with van der Waals surface area (Å²) in [7, 11) is 0. The predicted molar refractivity (Wildman–Crippen MR) is 127 cm³/mol. The number of hydrazine groups is 1. The van der Waals surface area contributed by atoms with Gasteiger partial charge in [0.05, 0.1) is 11.7 Å². The fourth-order valence-corrected chi connectivity index (χ4v) is 5.50. The van der Waals surface area contributed by atoms with E-state index in [1.54, 1.807) is 5.01 Å². The summed E-state index contributed by atoms with van der Waals surface area (Å²) in [4.78, 5) is 18.0. The number of nitrogens with two attached hydrogens (primary N) is 1. The van der Waals surface area contributed by atoms with Gasteiger partial charge >= 0.3 is 0 Å². The molecule has 0 saturated carbocycles. The Kier molecular flexibility index (Phi) is 7.20. The first-order valence-corrected chi connectivity index (χ1v) is 12.2. The van der Waals surface area contributed by atoms with E-state index in [0.717, 1.165) is 37.2 Å². The van der Waals surface area contributed by atoms with Crippen LogP contribution < -0.4 is 20.8 Å². The number of likely N-dealkylation sites (tertiary alicyclic amines) is 1. The van der Waals surface area contributed by atoms with Gasteiger partial charge in [-0.15, -0.1) is 0 Å². The molecule has 1 amide bonds. The molecule has 4 atom stereocenters. The van der Waals surface area contributed by atoms with Gasteiger partial charge in [0.1, 0.15) is 5.75 Å². The van der Waals surface area contributed by atoms with Crippen LogP contribution in [0.15, 0.2) is 24.3 Å². The summed E-state index contributed by atoms with van der Waals surface area (Å²) in [5.41, 5.74) is 9.66. The van der Waals surface area contributed by atoms with Crippen LogP contribution in [0.2, 0.25) is 0 Å². The molecule has 2 unspecified atom stereocenters. The molecule has 4 rings (SSSR count). The zero-order chi connectivity index (χ0) is 22.7. The lowest BCUT2D eigenvalue weighted by Crippen LogP contribution is -2.58. The maximum Gasteiger partial charge on any atom is 0.270 e. The number of nitrogens with one attached hydrogen (secondary N) is 2. The highest BCUT2D eigenvalue weighted by atomic mass is 16.5. The maximum atomic E-state index is 13.5. The maximum absolute atomic E-state index is 13.5. The molecule has 8 heteroatoms. The van der Waals surface area contributed by atoms with Crippen LogP contribution in [0.4, 0.5) is 5.69 Å². The molecule has 3 heterocycles. The first-order chi connectivity index (χ1) is 15.5. The molecular formula is C24H38N6O2. The van der Waals surface area contributed by atoms with Gasteiger partial charge in [-0.05, 0) is 64.6 Å². The number of amides is 1. The summed E-state index contributed by atoms with van der Waals surface area (Å²) in [6.07, 6.45) is 7.20. The molecule has 0 aromatic heterocycles. The van der Waals surface area contributed by atoms with E-state index in [9.17, 15) is 4.79 Å². The van der Waals surface area contributed by atoms with E-state index in [4.69, 9.17) is 15.9 Å². The highest BCUT2D eigenvalue weighted by Crippen LogP contribution is 2.36. The third kappa shape index (κ3) is 4.71. The number of nitrogens with zero attached hydrogens (tertiary/aromatic N) is 3. The monoisotopic (exact) mass is 442 g/mol. The number of benzene rings is 1. The Labute approximate surface area is 191 Å². The summed E-state index contributed by atoms with van der Waals surface area (Å²) < 4.78 is 6.14. The van der Waals surface area contributed by atoms with Crippen LogP contribution in [-0.2, 0) is 4.79 Å². The van der Waals surface area contributed by atoms with E-state index in [0.29, 0.717) is 31.6 Å². The number of ether oxygens (including phenoxy) is 1. The summed E-state index contributed by atoms with van der Waals surface area (Å²) in [5, 5.41) is 9.39. The molecule has 2 saturated heterocycles. The number of hydrogen-bond acceptors (Lipinski definition) is 5. The fraction of sp³-hybridized carbons (Fsp3) is 0.667. The van der Waals surface area contributed by atoms with E-state index in [-0.39, 0.29) is 17.9 Å². The smallest absolute Gasteiger partial charge is 0.270 e. The molecule has 4 N–H and O–H groups in total. The molecule has 0 spiro atoms. The molecule has 176 valence electrons. The van der Waals surface area contributed by atoms with E-state index in [2.05, 4.69) is 24.2 Å². The zero-order valence-electron chi connectivity index (χ0n) is 19.4. The predicted octanol–water partition coefficient (Wildman–Crippen LogP) is 2.69. The Balaban J connectivity index is 1.37. The summed E-state index contributed by atoms with van der Waals surface area (Å²) in [6, 6.07) is 8.82. The fourth-order valence-electron chi connectivity index (χ4n) is 5.50. The topological polar surface area (TPSA) is 97.9 Å². The Hall–Kier alpha value is -2.32. The number of unbranched alkanes of at least 4 members (excludes halogenated alkanes) is 2. The molecule has 0 bridgehead atoms. The first-order valence-electron chi connectivity index (χ1n) is 12.2. The van der Waals surface area contributed by atoms with Crippen LogP contribution in [0.5, 0.6) is 5.75 Å². The van der Waals surface area contributed by atoms with Gasteiger partial charge in [0, 0.05) is 25.2 Å². The minimum absolute atomic E-state index is 0.0399. The van der Waals surface area contributed by atoms with Crippen molar-refractivity contribution in [2.45, 2.75) is 83.0 Å². The molecule has 32 heavy (non-hydrogen) atoms. The van der Waals surface area contributed by atoms with E-state index < -0.39 is 6.10 Å². The Morgan fingerprint density at radius 2 is 1.84 bits per heavy atom. The Morgan fingerprint density at radius 1 is 1.12 bits per heavy atom. The Morgan fingerprint density at radius 3 is 2.59 bits per heavy atom. The SMILES string of the molecule is C[C@@H]1CCC[C@H](C)N1CCCCCN1C(=O)C(C2CCNN2C(=N)N)Oc2ccccc21. The van der Waals surface area contributed by atoms with E-state index in [1.165, 1.54) is 19.3 Å². The van der Waals surface area contributed by atoms with Gasteiger partial charge < -0.3 is 15.4 Å². The van der Waals surface area contributed by atoms with Crippen molar-refractivity contribution < 1.29 is 9.53 Å². The first kappa shape index (κ1) is 22.9. The second kappa shape index (κ2) is 10.1. The summed E-state index contributed by atoms with van der Waals surface area (Å²) in [5.74, 6) is 0.598. The van der Waals surface area contributed by atoms with E-state index in [1.807, 2.05) is 29.2 Å². The van der Waals surface area contributed by atoms with Crippen molar-refractivity contribution in [2.24, 2.45) is 5.73 Å². The zero-order valence-corrected chi connectivity index (χ0v) is 19.4. The van der Waals surface area contributed by atoms with Gasteiger partial charge in [-0.25, -0.2) is 5.43 Å². The normalized spacial score (nSPS) is 28.5. The number of hydrogen-bond donors (Lipinski definition) is 3. The molecule has 1 aromatic rings. The van der Waals surface area contributed by atoms with Crippen LogP contribution in [0.3, 0.4) is 0 Å². The molecule has 0 radical (unpaired) electrons. The van der Waals surface area contributed by atoms with Crippen LogP contribution in [0.1, 0.15) is 58.8 Å². The second-order valence-electron chi connectivity index (χ2n) is 9.44. The number of guanidine groups is 1. The van der Waals surface area contributed by atoms with Crippen molar-refractivity contribution in [3.8, 4) is 5.75 Å². The summed E-state index contributed by atoms with van der Waals surface area (Å²) >= 11 is 0. The van der Waals surface area contributed by atoms with Crippen molar-refractivity contribution in [1.29, 1.82) is 5.41 Å². The number of carbonyl (C=O) groups excluding carboxylic acids is 1. The van der Waals surface area contributed by atoms with Crippen molar-refractivity contribution in [3.05, 3.63) is 24.3 Å². The van der Waals surface area contributed by atoms with Crippen molar-refractivity contribution in [2.75, 3.05) is 24.5 Å². The second-order valence-corrected chi connectivity index (χ2v) is 9.44. The molecule has 8 nitrogen and oxygen atoms in total. The standard InChI is InChI=1S/C24H38N6O2/c1-17-9-8-10-18(2)28(17)15-6-3-7-16-29-19-11-4-5-12-21(19)32-22(23(29)31)20-13-14-27-30(20)24(25)26/h4-5,11-12,17-18,20,22,27H,3,6-10,13-16H2,1-2H3,(H3,25,26)/t17-,18+,20?,22?. The number of carbonyl (C=O) groups is 1. The third-order valence-electron chi connectivity index (χ3n) is 7.26. The van der Waals surface area contributed by atoms with Crippen LogP contribution in [0.25, 0.3) is 0 Å². The van der Waals surface area contributed by atoms with Crippen LogP contribution in [0, 0.1) is 5.41 Å². The molecule has 3 aliphatic heterocycles. The average Bonchev–Trinajstić information content (AvgIpc) is 3.26. The minimum atomic E-state index is -0.668. The lowest BCUT2D eigenvalue weighted by atomic mass is 9.97. The highest BCUT2D eigenvalue weighted by Gasteiger charge is 2.44. The Bertz CT molecular complexity index is 807. The molecule has 1 aromatic carbocycles. The number of fused-ring (bicyclic) bond motifs is 1. The number of rotatable bonds is 7. The molecule has 2 fully saturated rings. The summed E-state index contributed by atoms with van der Waals surface area (Å²) in [6.45, 7) is 7.19. The van der Waals surface area contributed by atoms with Gasteiger partial charge in [-0.1, -0.05) is 25.0 Å². The van der Waals surface area contributed by atoms with Gasteiger partial charge in [-0.2, -0.15) is 0 Å². The average molecular weight is 443 g/mol. The number of anilines is 1. The van der Waals surface area contributed by atoms with Gasteiger partial charge in [0.15, 0.2) is 6.10 Å². The lowest BCUT2D eigenvalue weighted by molar-refractivity contribution is -0.128. The van der Waals surface area contributed by atoms with Gasteiger partial charge in [0.25, 0.3) is 5.91 Å². The van der Waals surface area contributed by atoms with Crippen molar-refractivity contribution >= 4 is 17.6 Å². The van der Waals surface area contributed by atoms with E-state index >= 15 is 0 Å². The van der Waals surface area contributed by atoms with Crippen LogP contribution >= 0.6 is 0 Å². The van der Waals surface area contributed by atoms with Gasteiger partial charge in [-0.3, -0.25) is 20.1 Å². The van der Waals surface area contributed by atoms with Crippen molar-refractivity contribution in [1.82, 2.24) is 15.3 Å². The molecular weight excluding hydrogens is 404 g/mol. The number of para-hydroxylation sites is 2. The third-order valence-corrected chi connectivity index (χ3v) is 7.26. The molecule has 0 aliphatic carbocycles. The lowest BCUT2D eigenvalue weighted by Gasteiger charge is -2.39. The molecule has 3 aliphatic rings.